The van der Waals surface area contributed by atoms with Crippen molar-refractivity contribution in [1.82, 2.24) is 4.90 Å². The van der Waals surface area contributed by atoms with Crippen LogP contribution in [-0.2, 0) is 4.79 Å². The number of nitrogens with one attached hydrogen (secondary N) is 1. The normalized spacial score (nSPS) is 9.92. The summed E-state index contributed by atoms with van der Waals surface area (Å²) in [4.78, 5) is 26.2. The number of nitriles is 1. The predicted molar refractivity (Wildman–Crippen MR) is 96.7 cm³/mol. The van der Waals surface area contributed by atoms with Crippen LogP contribution < -0.4 is 10.1 Å². The number of nitrogens with zero attached hydrogens (tertiary/aromatic N) is 2. The summed E-state index contributed by atoms with van der Waals surface area (Å²) in [5.74, 6) is 0.160. The van der Waals surface area contributed by atoms with Gasteiger partial charge in [-0.2, -0.15) is 5.26 Å². The minimum atomic E-state index is -0.283. The molecule has 0 saturated carbocycles. The third kappa shape index (κ3) is 5.94. The highest BCUT2D eigenvalue weighted by molar-refractivity contribution is 7.12. The lowest BCUT2D eigenvalue weighted by Crippen LogP contribution is -2.34. The molecule has 1 aromatic heterocycles. The molecule has 7 heteroatoms. The number of amides is 2. The average molecular weight is 357 g/mol. The molecule has 6 nitrogen and oxygen atoms in total. The third-order valence-corrected chi connectivity index (χ3v) is 4.14. The average Bonchev–Trinajstić information content (AvgIpc) is 3.13. The van der Waals surface area contributed by atoms with Crippen molar-refractivity contribution in [2.45, 2.75) is 12.8 Å². The van der Waals surface area contributed by atoms with E-state index in [1.165, 1.54) is 16.2 Å². The van der Waals surface area contributed by atoms with Gasteiger partial charge in [-0.1, -0.05) is 12.1 Å². The largest absolute Gasteiger partial charge is 0.493 e. The van der Waals surface area contributed by atoms with E-state index in [4.69, 9.17) is 10.00 Å². The zero-order chi connectivity index (χ0) is 18.1. The number of rotatable bonds is 8. The Morgan fingerprint density at radius 2 is 2.16 bits per heavy atom. The van der Waals surface area contributed by atoms with Crippen LogP contribution in [0.5, 0.6) is 5.75 Å². The monoisotopic (exact) mass is 357 g/mol. The number of hydrogen-bond donors (Lipinski definition) is 1. The maximum atomic E-state index is 12.1. The van der Waals surface area contributed by atoms with Crippen LogP contribution in [-0.4, -0.2) is 36.9 Å². The number of hydrogen-bond acceptors (Lipinski definition) is 5. The summed E-state index contributed by atoms with van der Waals surface area (Å²) in [5, 5.41) is 13.1. The molecular formula is C18H19N3O3S. The lowest BCUT2D eigenvalue weighted by molar-refractivity contribution is -0.116. The van der Waals surface area contributed by atoms with Gasteiger partial charge in [0, 0.05) is 25.2 Å². The first-order chi connectivity index (χ1) is 12.1. The van der Waals surface area contributed by atoms with Crippen molar-refractivity contribution < 1.29 is 14.3 Å². The van der Waals surface area contributed by atoms with Crippen molar-refractivity contribution in [2.75, 3.05) is 25.5 Å². The second kappa shape index (κ2) is 9.45. The van der Waals surface area contributed by atoms with Gasteiger partial charge in [0.1, 0.15) is 5.75 Å². The molecular weight excluding hydrogens is 338 g/mol. The van der Waals surface area contributed by atoms with Crippen LogP contribution >= 0.6 is 11.3 Å². The first kappa shape index (κ1) is 18.5. The fourth-order valence-electron chi connectivity index (χ4n) is 2.08. The first-order valence-electron chi connectivity index (χ1n) is 7.79. The molecule has 0 aliphatic carbocycles. The molecule has 1 heterocycles. The highest BCUT2D eigenvalue weighted by Gasteiger charge is 2.15. The summed E-state index contributed by atoms with van der Waals surface area (Å²) in [6.07, 6.45) is 1.10. The zero-order valence-electron chi connectivity index (χ0n) is 13.9. The van der Waals surface area contributed by atoms with E-state index in [1.54, 1.807) is 43.4 Å². The van der Waals surface area contributed by atoms with E-state index >= 15 is 0 Å². The van der Waals surface area contributed by atoms with Crippen LogP contribution in [0.2, 0.25) is 0 Å². The van der Waals surface area contributed by atoms with Gasteiger partial charge < -0.3 is 15.0 Å². The van der Waals surface area contributed by atoms with Crippen molar-refractivity contribution in [3.8, 4) is 11.8 Å². The summed E-state index contributed by atoms with van der Waals surface area (Å²) in [6, 6.07) is 12.6. The van der Waals surface area contributed by atoms with Gasteiger partial charge in [-0.15, -0.1) is 11.3 Å². The Bertz CT molecular complexity index is 753. The molecule has 0 aliphatic heterocycles. The number of carbonyl (C=O) groups is 2. The molecule has 0 atom stereocenters. The Kier molecular flexibility index (Phi) is 6.99. The number of carbonyl (C=O) groups excluding carboxylic acids is 2. The van der Waals surface area contributed by atoms with Crippen LogP contribution in [0.15, 0.2) is 41.8 Å². The molecule has 25 heavy (non-hydrogen) atoms. The molecule has 0 saturated heterocycles. The maximum absolute atomic E-state index is 12.1. The van der Waals surface area contributed by atoms with Gasteiger partial charge in [-0.05, 0) is 30.0 Å². The fourth-order valence-corrected chi connectivity index (χ4v) is 2.80. The summed E-state index contributed by atoms with van der Waals surface area (Å²) in [6.45, 7) is 0.410. The Morgan fingerprint density at radius 1 is 1.32 bits per heavy atom. The lowest BCUT2D eigenvalue weighted by Gasteiger charge is -2.16. The molecule has 2 amide bonds. The summed E-state index contributed by atoms with van der Waals surface area (Å²) >= 11 is 1.34. The smallest absolute Gasteiger partial charge is 0.264 e. The van der Waals surface area contributed by atoms with Gasteiger partial charge in [-0.3, -0.25) is 9.59 Å². The van der Waals surface area contributed by atoms with Gasteiger partial charge in [0.05, 0.1) is 24.1 Å². The topological polar surface area (TPSA) is 82.4 Å². The Labute approximate surface area is 150 Å². The van der Waals surface area contributed by atoms with Crippen molar-refractivity contribution >= 4 is 28.8 Å². The minimum Gasteiger partial charge on any atom is -0.493 e. The van der Waals surface area contributed by atoms with E-state index in [9.17, 15) is 9.59 Å². The fraction of sp³-hybridized carbons (Fsp3) is 0.278. The van der Waals surface area contributed by atoms with E-state index in [-0.39, 0.29) is 18.4 Å². The molecule has 2 rings (SSSR count). The molecule has 0 unspecified atom stereocenters. The molecule has 130 valence electrons. The Balaban J connectivity index is 1.85. The standard InChI is InChI=1S/C18H19N3O3S/c1-21(18(23)16-8-5-11-25-16)13-17(22)20-14-6-4-7-15(12-14)24-10-3-2-9-19/h4-8,11-12H,2-3,10,13H2,1H3,(H,20,22). The minimum absolute atomic E-state index is 0.0377. The number of likely N-dealkylation sites (N-methyl/N-ethyl adjacent to an activating group) is 1. The third-order valence-electron chi connectivity index (χ3n) is 3.28. The number of thiophene rings is 1. The van der Waals surface area contributed by atoms with Crippen molar-refractivity contribution in [3.05, 3.63) is 46.7 Å². The summed E-state index contributed by atoms with van der Waals surface area (Å²) < 4.78 is 5.53. The van der Waals surface area contributed by atoms with Crippen LogP contribution in [0.4, 0.5) is 5.69 Å². The van der Waals surface area contributed by atoms with E-state index < -0.39 is 0 Å². The highest BCUT2D eigenvalue weighted by atomic mass is 32.1. The summed E-state index contributed by atoms with van der Waals surface area (Å²) in [7, 11) is 1.59. The Morgan fingerprint density at radius 3 is 2.88 bits per heavy atom. The molecule has 1 N–H and O–H groups in total. The van der Waals surface area contributed by atoms with E-state index in [0.717, 1.165) is 0 Å². The van der Waals surface area contributed by atoms with E-state index in [1.807, 2.05) is 5.38 Å². The van der Waals surface area contributed by atoms with Gasteiger partial charge >= 0.3 is 0 Å². The van der Waals surface area contributed by atoms with Crippen molar-refractivity contribution in [3.63, 3.8) is 0 Å². The van der Waals surface area contributed by atoms with Crippen molar-refractivity contribution in [2.24, 2.45) is 0 Å². The molecule has 0 spiro atoms. The predicted octanol–water partition coefficient (Wildman–Crippen LogP) is 3.14. The SMILES string of the molecule is CN(CC(=O)Nc1cccc(OCCCC#N)c1)C(=O)c1cccs1. The van der Waals surface area contributed by atoms with Gasteiger partial charge in [-0.25, -0.2) is 0 Å². The zero-order valence-corrected chi connectivity index (χ0v) is 14.7. The van der Waals surface area contributed by atoms with E-state index in [0.29, 0.717) is 35.8 Å². The van der Waals surface area contributed by atoms with Crippen molar-refractivity contribution in [1.29, 1.82) is 5.26 Å². The molecule has 0 fully saturated rings. The number of unbranched alkanes of at least 4 members (excludes halogenated alkanes) is 1. The highest BCUT2D eigenvalue weighted by Crippen LogP contribution is 2.18. The van der Waals surface area contributed by atoms with Gasteiger partial charge in [0.2, 0.25) is 5.91 Å². The van der Waals surface area contributed by atoms with E-state index in [2.05, 4.69) is 11.4 Å². The van der Waals surface area contributed by atoms with Gasteiger partial charge in [0.25, 0.3) is 5.91 Å². The molecule has 0 bridgehead atoms. The Hall–Kier alpha value is -2.85. The molecule has 2 aromatic rings. The lowest BCUT2D eigenvalue weighted by atomic mass is 10.3. The van der Waals surface area contributed by atoms with Crippen LogP contribution in [0, 0.1) is 11.3 Å². The number of benzene rings is 1. The quantitative estimate of drug-likeness (QED) is 0.736. The van der Waals surface area contributed by atoms with Crippen LogP contribution in [0.1, 0.15) is 22.5 Å². The maximum Gasteiger partial charge on any atom is 0.264 e. The second-order valence-electron chi connectivity index (χ2n) is 5.32. The first-order valence-corrected chi connectivity index (χ1v) is 8.66. The summed E-state index contributed by atoms with van der Waals surface area (Å²) in [5.41, 5.74) is 0.597. The second-order valence-corrected chi connectivity index (χ2v) is 6.27. The molecule has 1 aromatic carbocycles. The number of anilines is 1. The van der Waals surface area contributed by atoms with Crippen LogP contribution in [0.3, 0.4) is 0 Å². The molecule has 0 radical (unpaired) electrons. The van der Waals surface area contributed by atoms with Crippen LogP contribution in [0.25, 0.3) is 0 Å². The number of ether oxygens (including phenoxy) is 1. The van der Waals surface area contributed by atoms with Gasteiger partial charge in [0.15, 0.2) is 0 Å². The molecule has 0 aliphatic rings.